The molecule has 0 spiro atoms. The maximum absolute atomic E-state index is 11.9. The van der Waals surface area contributed by atoms with Crippen LogP contribution in [0.3, 0.4) is 0 Å². The first-order valence-electron chi connectivity index (χ1n) is 6.58. The normalized spacial score (nSPS) is 29.3. The van der Waals surface area contributed by atoms with Gasteiger partial charge in [0.15, 0.2) is 0 Å². The third kappa shape index (κ3) is 3.89. The van der Waals surface area contributed by atoms with Crippen LogP contribution in [0.5, 0.6) is 0 Å². The fourth-order valence-electron chi connectivity index (χ4n) is 2.61. The highest BCUT2D eigenvalue weighted by Gasteiger charge is 2.37. The number of rotatable bonds is 4. The fourth-order valence-corrected chi connectivity index (χ4v) is 2.61. The summed E-state index contributed by atoms with van der Waals surface area (Å²) in [5, 5.41) is 21.4. The lowest BCUT2D eigenvalue weighted by molar-refractivity contribution is -0.142. The molecule has 0 aromatic carbocycles. The summed E-state index contributed by atoms with van der Waals surface area (Å²) in [6, 6.07) is -0.660. The van der Waals surface area contributed by atoms with Gasteiger partial charge in [0.05, 0.1) is 12.6 Å². The van der Waals surface area contributed by atoms with Gasteiger partial charge < -0.3 is 20.3 Å². The molecular formula is C12H20N2O5. The van der Waals surface area contributed by atoms with Crippen molar-refractivity contribution in [2.75, 3.05) is 26.3 Å². The predicted molar refractivity (Wildman–Crippen MR) is 65.6 cm³/mol. The number of nitrogens with one attached hydrogen (secondary N) is 1. The van der Waals surface area contributed by atoms with Gasteiger partial charge in [-0.25, -0.2) is 0 Å². The van der Waals surface area contributed by atoms with Crippen molar-refractivity contribution < 1.29 is 24.5 Å². The SMILES string of the molecule is O=C(CN1CC(O)CC1C(=O)O)NC1CCOCC1. The maximum Gasteiger partial charge on any atom is 0.321 e. The molecule has 0 saturated carbocycles. The van der Waals surface area contributed by atoms with Crippen LogP contribution >= 0.6 is 0 Å². The number of hydrogen-bond donors (Lipinski definition) is 3. The zero-order chi connectivity index (χ0) is 13.8. The molecule has 0 aromatic heterocycles. The van der Waals surface area contributed by atoms with E-state index in [1.807, 2.05) is 0 Å². The summed E-state index contributed by atoms with van der Waals surface area (Å²) in [5.74, 6) is -1.18. The molecule has 2 saturated heterocycles. The molecule has 0 bridgehead atoms. The van der Waals surface area contributed by atoms with Crippen LogP contribution < -0.4 is 5.32 Å². The van der Waals surface area contributed by atoms with Crippen LogP contribution in [0, 0.1) is 0 Å². The van der Waals surface area contributed by atoms with Crippen molar-refractivity contribution >= 4 is 11.9 Å². The van der Waals surface area contributed by atoms with E-state index in [-0.39, 0.29) is 31.5 Å². The number of carbonyl (C=O) groups is 2. The average molecular weight is 272 g/mol. The smallest absolute Gasteiger partial charge is 0.321 e. The second-order valence-electron chi connectivity index (χ2n) is 5.13. The summed E-state index contributed by atoms with van der Waals surface area (Å²) in [4.78, 5) is 24.4. The van der Waals surface area contributed by atoms with Crippen molar-refractivity contribution in [2.45, 2.75) is 37.5 Å². The Balaban J connectivity index is 1.82. The number of ether oxygens (including phenoxy) is 1. The van der Waals surface area contributed by atoms with Crippen LogP contribution in [0.25, 0.3) is 0 Å². The Morgan fingerprint density at radius 3 is 2.63 bits per heavy atom. The minimum Gasteiger partial charge on any atom is -0.480 e. The molecule has 2 aliphatic heterocycles. The highest BCUT2D eigenvalue weighted by Crippen LogP contribution is 2.17. The quantitative estimate of drug-likeness (QED) is 0.594. The Morgan fingerprint density at radius 2 is 2.00 bits per heavy atom. The van der Waals surface area contributed by atoms with Gasteiger partial charge in [-0.2, -0.15) is 0 Å². The van der Waals surface area contributed by atoms with Crippen molar-refractivity contribution in [1.82, 2.24) is 10.2 Å². The zero-order valence-electron chi connectivity index (χ0n) is 10.7. The number of hydrogen-bond acceptors (Lipinski definition) is 5. The van der Waals surface area contributed by atoms with Crippen molar-refractivity contribution in [2.24, 2.45) is 0 Å². The molecule has 2 fully saturated rings. The van der Waals surface area contributed by atoms with Gasteiger partial charge >= 0.3 is 5.97 Å². The van der Waals surface area contributed by atoms with E-state index >= 15 is 0 Å². The topological polar surface area (TPSA) is 99.1 Å². The highest BCUT2D eigenvalue weighted by atomic mass is 16.5. The largest absolute Gasteiger partial charge is 0.480 e. The van der Waals surface area contributed by atoms with E-state index < -0.39 is 18.1 Å². The van der Waals surface area contributed by atoms with Crippen LogP contribution in [-0.4, -0.2) is 71.5 Å². The third-order valence-corrected chi connectivity index (χ3v) is 3.60. The van der Waals surface area contributed by atoms with E-state index in [2.05, 4.69) is 5.32 Å². The van der Waals surface area contributed by atoms with Gasteiger partial charge in [-0.15, -0.1) is 0 Å². The van der Waals surface area contributed by atoms with Gasteiger partial charge in [-0.05, 0) is 12.8 Å². The number of aliphatic hydroxyl groups excluding tert-OH is 1. The molecule has 2 rings (SSSR count). The van der Waals surface area contributed by atoms with E-state index in [0.29, 0.717) is 13.2 Å². The molecule has 7 nitrogen and oxygen atoms in total. The summed E-state index contributed by atoms with van der Waals surface area (Å²) in [7, 11) is 0. The summed E-state index contributed by atoms with van der Waals surface area (Å²) in [6.07, 6.45) is 1.09. The Morgan fingerprint density at radius 1 is 1.32 bits per heavy atom. The lowest BCUT2D eigenvalue weighted by atomic mass is 10.1. The van der Waals surface area contributed by atoms with Gasteiger partial charge in [-0.1, -0.05) is 0 Å². The standard InChI is InChI=1S/C12H20N2O5/c15-9-5-10(12(17)18)14(6-9)7-11(16)13-8-1-3-19-4-2-8/h8-10,15H,1-7H2,(H,13,16)(H,17,18). The first-order valence-corrected chi connectivity index (χ1v) is 6.58. The lowest BCUT2D eigenvalue weighted by Gasteiger charge is -2.25. The summed E-state index contributed by atoms with van der Waals surface area (Å²) in [6.45, 7) is 1.54. The number of β-amino-alcohol motifs (C(OH)–C–C–N with tert-alkyl or cyclic N) is 1. The number of carboxylic acid groups (broad SMARTS) is 1. The van der Waals surface area contributed by atoms with Crippen molar-refractivity contribution in [3.8, 4) is 0 Å². The van der Waals surface area contributed by atoms with E-state index in [1.165, 1.54) is 4.90 Å². The first-order chi connectivity index (χ1) is 9.06. The number of aliphatic hydroxyl groups is 1. The maximum atomic E-state index is 11.9. The molecular weight excluding hydrogens is 252 g/mol. The molecule has 2 heterocycles. The summed E-state index contributed by atoms with van der Waals surface area (Å²) in [5.41, 5.74) is 0. The van der Waals surface area contributed by atoms with E-state index in [9.17, 15) is 14.7 Å². The molecule has 108 valence electrons. The molecule has 1 amide bonds. The van der Waals surface area contributed by atoms with Gasteiger partial charge in [-0.3, -0.25) is 14.5 Å². The molecule has 3 N–H and O–H groups in total. The Labute approximate surface area is 111 Å². The first kappa shape index (κ1) is 14.2. The molecule has 0 radical (unpaired) electrons. The van der Waals surface area contributed by atoms with Gasteiger partial charge in [0.1, 0.15) is 6.04 Å². The van der Waals surface area contributed by atoms with Crippen molar-refractivity contribution in [3.63, 3.8) is 0 Å². The van der Waals surface area contributed by atoms with E-state index in [0.717, 1.165) is 12.8 Å². The number of carbonyl (C=O) groups excluding carboxylic acids is 1. The number of nitrogens with zero attached hydrogens (tertiary/aromatic N) is 1. The molecule has 7 heteroatoms. The monoisotopic (exact) mass is 272 g/mol. The minimum absolute atomic E-state index is 0.0192. The summed E-state index contributed by atoms with van der Waals surface area (Å²) < 4.78 is 5.20. The molecule has 2 unspecified atom stereocenters. The number of amides is 1. The Hall–Kier alpha value is -1.18. The lowest BCUT2D eigenvalue weighted by Crippen LogP contribution is -2.47. The number of carboxylic acids is 1. The van der Waals surface area contributed by atoms with Crippen molar-refractivity contribution in [3.05, 3.63) is 0 Å². The van der Waals surface area contributed by atoms with Gasteiger partial charge in [0.2, 0.25) is 5.91 Å². The molecule has 0 aliphatic carbocycles. The van der Waals surface area contributed by atoms with Crippen LogP contribution in [0.1, 0.15) is 19.3 Å². The number of aliphatic carboxylic acids is 1. The second kappa shape index (κ2) is 6.31. The van der Waals surface area contributed by atoms with E-state index in [4.69, 9.17) is 9.84 Å². The van der Waals surface area contributed by atoms with Crippen LogP contribution in [0.4, 0.5) is 0 Å². The fraction of sp³-hybridized carbons (Fsp3) is 0.833. The molecule has 2 atom stereocenters. The molecule has 2 aliphatic rings. The number of likely N-dealkylation sites (tertiary alicyclic amines) is 1. The highest BCUT2D eigenvalue weighted by molar-refractivity contribution is 5.80. The molecule has 19 heavy (non-hydrogen) atoms. The van der Waals surface area contributed by atoms with Gasteiger partial charge in [0.25, 0.3) is 0 Å². The van der Waals surface area contributed by atoms with E-state index in [1.54, 1.807) is 0 Å². The van der Waals surface area contributed by atoms with Gasteiger partial charge in [0, 0.05) is 32.2 Å². The second-order valence-corrected chi connectivity index (χ2v) is 5.13. The van der Waals surface area contributed by atoms with Crippen LogP contribution in [-0.2, 0) is 14.3 Å². The Kier molecular flexibility index (Phi) is 4.73. The zero-order valence-corrected chi connectivity index (χ0v) is 10.7. The third-order valence-electron chi connectivity index (χ3n) is 3.60. The molecule has 0 aromatic rings. The van der Waals surface area contributed by atoms with Crippen LogP contribution in [0.2, 0.25) is 0 Å². The average Bonchev–Trinajstić information content (AvgIpc) is 2.71. The Bertz CT molecular complexity index is 343. The van der Waals surface area contributed by atoms with Crippen molar-refractivity contribution in [1.29, 1.82) is 0 Å². The minimum atomic E-state index is -0.990. The summed E-state index contributed by atoms with van der Waals surface area (Å²) >= 11 is 0. The predicted octanol–water partition coefficient (Wildman–Crippen LogP) is -1.20. The van der Waals surface area contributed by atoms with Crippen LogP contribution in [0.15, 0.2) is 0 Å².